The third kappa shape index (κ3) is 3.93. The van der Waals surface area contributed by atoms with E-state index in [1.54, 1.807) is 25.3 Å². The summed E-state index contributed by atoms with van der Waals surface area (Å²) in [6.07, 6.45) is -2.05. The molecule has 0 spiro atoms. The standard InChI is InChI=1S/C21H18F3N3O3/c1-29-15-6-11(7-15)16-9-12-8-14(3-4-17(12)27-19(16)20(25)28)30-18-5-2-13(10-26-18)21(22,23)24/h2-5,8-11,15H,6-7H2,1H3,(H2,25,28). The van der Waals surface area contributed by atoms with Crippen molar-refractivity contribution in [2.75, 3.05) is 7.11 Å². The van der Waals surface area contributed by atoms with Crippen LogP contribution in [-0.4, -0.2) is 29.1 Å². The number of hydrogen-bond acceptors (Lipinski definition) is 5. The van der Waals surface area contributed by atoms with Crippen LogP contribution in [-0.2, 0) is 10.9 Å². The Kier molecular flexibility index (Phi) is 5.07. The lowest BCUT2D eigenvalue weighted by atomic mass is 9.76. The number of halogens is 3. The zero-order chi connectivity index (χ0) is 21.5. The van der Waals surface area contributed by atoms with Gasteiger partial charge in [0, 0.05) is 24.8 Å². The van der Waals surface area contributed by atoms with E-state index in [4.69, 9.17) is 15.2 Å². The van der Waals surface area contributed by atoms with Gasteiger partial charge in [-0.2, -0.15) is 13.2 Å². The molecule has 9 heteroatoms. The van der Waals surface area contributed by atoms with Gasteiger partial charge >= 0.3 is 6.18 Å². The minimum absolute atomic E-state index is 0.0335. The molecule has 2 N–H and O–H groups in total. The first-order valence-electron chi connectivity index (χ1n) is 9.23. The van der Waals surface area contributed by atoms with Crippen molar-refractivity contribution in [2.45, 2.75) is 31.0 Å². The Morgan fingerprint density at radius 3 is 2.53 bits per heavy atom. The van der Waals surface area contributed by atoms with Crippen molar-refractivity contribution in [1.82, 2.24) is 9.97 Å². The third-order valence-corrected chi connectivity index (χ3v) is 5.20. The largest absolute Gasteiger partial charge is 0.439 e. The van der Waals surface area contributed by atoms with Crippen LogP contribution in [0.4, 0.5) is 13.2 Å². The van der Waals surface area contributed by atoms with E-state index in [-0.39, 0.29) is 23.6 Å². The highest BCUT2D eigenvalue weighted by Crippen LogP contribution is 2.40. The van der Waals surface area contributed by atoms with Crippen molar-refractivity contribution < 1.29 is 27.4 Å². The molecule has 2 heterocycles. The first-order valence-corrected chi connectivity index (χ1v) is 9.23. The number of carbonyl (C=O) groups is 1. The molecule has 0 aliphatic heterocycles. The normalized spacial score (nSPS) is 18.8. The van der Waals surface area contributed by atoms with Crippen LogP contribution in [0.1, 0.15) is 40.4 Å². The summed E-state index contributed by atoms with van der Waals surface area (Å²) in [5.74, 6) is -0.0542. The molecule has 0 unspecified atom stereocenters. The molecule has 0 bridgehead atoms. The van der Waals surface area contributed by atoms with E-state index in [0.29, 0.717) is 11.3 Å². The molecule has 0 radical (unpaired) electrons. The number of benzene rings is 1. The molecular weight excluding hydrogens is 399 g/mol. The van der Waals surface area contributed by atoms with Crippen LogP contribution in [0.3, 0.4) is 0 Å². The molecule has 30 heavy (non-hydrogen) atoms. The van der Waals surface area contributed by atoms with Crippen molar-refractivity contribution in [3.63, 3.8) is 0 Å². The SMILES string of the molecule is COC1CC(c2cc3cc(Oc4ccc(C(F)(F)F)cn4)ccc3nc2C(N)=O)C1. The molecule has 2 aromatic heterocycles. The fourth-order valence-corrected chi connectivity index (χ4v) is 3.48. The number of aromatic nitrogens is 2. The number of nitrogens with zero attached hydrogens (tertiary/aromatic N) is 2. The van der Waals surface area contributed by atoms with Gasteiger partial charge in [0.05, 0.1) is 17.2 Å². The predicted octanol–water partition coefficient (Wildman–Crippen LogP) is 4.43. The lowest BCUT2D eigenvalue weighted by molar-refractivity contribution is -0.137. The molecule has 1 fully saturated rings. The van der Waals surface area contributed by atoms with Crippen molar-refractivity contribution >= 4 is 16.8 Å². The lowest BCUT2D eigenvalue weighted by Crippen LogP contribution is -2.30. The number of amides is 1. The maximum atomic E-state index is 12.7. The lowest BCUT2D eigenvalue weighted by Gasteiger charge is -2.35. The Balaban J connectivity index is 1.63. The van der Waals surface area contributed by atoms with Gasteiger partial charge in [-0.1, -0.05) is 0 Å². The predicted molar refractivity (Wildman–Crippen MR) is 102 cm³/mol. The van der Waals surface area contributed by atoms with Gasteiger partial charge in [-0.15, -0.1) is 0 Å². The molecule has 6 nitrogen and oxygen atoms in total. The Morgan fingerprint density at radius 2 is 1.93 bits per heavy atom. The summed E-state index contributed by atoms with van der Waals surface area (Å²) >= 11 is 0. The van der Waals surface area contributed by atoms with Crippen LogP contribution in [0.15, 0.2) is 42.6 Å². The second-order valence-corrected chi connectivity index (χ2v) is 7.16. The summed E-state index contributed by atoms with van der Waals surface area (Å²) < 4.78 is 48.9. The van der Waals surface area contributed by atoms with Crippen LogP contribution in [0.2, 0.25) is 0 Å². The van der Waals surface area contributed by atoms with Crippen LogP contribution in [0.5, 0.6) is 11.6 Å². The van der Waals surface area contributed by atoms with Gasteiger partial charge in [0.25, 0.3) is 5.91 Å². The van der Waals surface area contributed by atoms with Gasteiger partial charge in [0.1, 0.15) is 11.4 Å². The average Bonchev–Trinajstić information content (AvgIpc) is 2.66. The topological polar surface area (TPSA) is 87.3 Å². The number of rotatable bonds is 5. The molecule has 156 valence electrons. The van der Waals surface area contributed by atoms with Crippen LogP contribution >= 0.6 is 0 Å². The number of primary amides is 1. The Labute approximate surface area is 169 Å². The zero-order valence-electron chi connectivity index (χ0n) is 15.9. The monoisotopic (exact) mass is 417 g/mol. The third-order valence-electron chi connectivity index (χ3n) is 5.20. The summed E-state index contributed by atoms with van der Waals surface area (Å²) in [6, 6.07) is 8.87. The number of ether oxygens (including phenoxy) is 2. The molecule has 1 saturated carbocycles. The first kappa shape index (κ1) is 20.1. The first-order chi connectivity index (χ1) is 14.2. The second-order valence-electron chi connectivity index (χ2n) is 7.16. The summed E-state index contributed by atoms with van der Waals surface area (Å²) in [6.45, 7) is 0. The Morgan fingerprint density at radius 1 is 1.17 bits per heavy atom. The van der Waals surface area contributed by atoms with E-state index in [1.807, 2.05) is 6.07 Å². The van der Waals surface area contributed by atoms with Crippen LogP contribution in [0, 0.1) is 0 Å². The Bertz CT molecular complexity index is 1090. The number of fused-ring (bicyclic) bond motifs is 1. The van der Waals surface area contributed by atoms with Crippen molar-refractivity contribution in [3.8, 4) is 11.6 Å². The highest BCUT2D eigenvalue weighted by molar-refractivity contribution is 5.96. The molecule has 1 amide bonds. The fraction of sp³-hybridized carbons (Fsp3) is 0.286. The molecule has 1 aliphatic carbocycles. The highest BCUT2D eigenvalue weighted by atomic mass is 19.4. The highest BCUT2D eigenvalue weighted by Gasteiger charge is 2.33. The van der Waals surface area contributed by atoms with E-state index in [9.17, 15) is 18.0 Å². The maximum absolute atomic E-state index is 12.7. The molecule has 3 aromatic rings. The van der Waals surface area contributed by atoms with Gasteiger partial charge < -0.3 is 15.2 Å². The van der Waals surface area contributed by atoms with Gasteiger partial charge in [0.15, 0.2) is 0 Å². The molecular formula is C21H18F3N3O3. The number of methoxy groups -OCH3 is 1. The quantitative estimate of drug-likeness (QED) is 0.664. The minimum atomic E-state index is -4.46. The van der Waals surface area contributed by atoms with E-state index in [0.717, 1.165) is 42.1 Å². The summed E-state index contributed by atoms with van der Waals surface area (Å²) in [5, 5.41) is 0.722. The van der Waals surface area contributed by atoms with E-state index in [1.165, 1.54) is 0 Å². The summed E-state index contributed by atoms with van der Waals surface area (Å²) in [5.41, 5.74) is 6.22. The molecule has 1 aromatic carbocycles. The molecule has 0 atom stereocenters. The number of pyridine rings is 2. The van der Waals surface area contributed by atoms with Crippen LogP contribution in [0.25, 0.3) is 10.9 Å². The smallest absolute Gasteiger partial charge is 0.417 e. The number of hydrogen-bond donors (Lipinski definition) is 1. The van der Waals surface area contributed by atoms with Crippen molar-refractivity contribution in [2.24, 2.45) is 5.73 Å². The molecule has 0 saturated heterocycles. The molecule has 1 aliphatic rings. The van der Waals surface area contributed by atoms with E-state index in [2.05, 4.69) is 9.97 Å². The molecule has 4 rings (SSSR count). The Hall–Kier alpha value is -3.20. The van der Waals surface area contributed by atoms with E-state index >= 15 is 0 Å². The minimum Gasteiger partial charge on any atom is -0.439 e. The summed E-state index contributed by atoms with van der Waals surface area (Å²) in [4.78, 5) is 20.0. The zero-order valence-corrected chi connectivity index (χ0v) is 15.9. The number of alkyl halides is 3. The number of carbonyl (C=O) groups excluding carboxylic acids is 1. The average molecular weight is 417 g/mol. The summed E-state index contributed by atoms with van der Waals surface area (Å²) in [7, 11) is 1.65. The van der Waals surface area contributed by atoms with Gasteiger partial charge in [-0.05, 0) is 54.7 Å². The van der Waals surface area contributed by atoms with Crippen molar-refractivity contribution in [3.05, 3.63) is 59.4 Å². The van der Waals surface area contributed by atoms with Gasteiger partial charge in [-0.25, -0.2) is 9.97 Å². The van der Waals surface area contributed by atoms with E-state index < -0.39 is 17.6 Å². The van der Waals surface area contributed by atoms with Gasteiger partial charge in [0.2, 0.25) is 5.88 Å². The second kappa shape index (κ2) is 7.56. The fourth-order valence-electron chi connectivity index (χ4n) is 3.48. The van der Waals surface area contributed by atoms with Crippen molar-refractivity contribution in [1.29, 1.82) is 0 Å². The maximum Gasteiger partial charge on any atom is 0.417 e. The van der Waals surface area contributed by atoms with Gasteiger partial charge in [-0.3, -0.25) is 4.79 Å². The van der Waals surface area contributed by atoms with Crippen LogP contribution < -0.4 is 10.5 Å². The number of nitrogens with two attached hydrogens (primary N) is 1.